The number of aromatic amines is 1. The van der Waals surface area contributed by atoms with Gasteiger partial charge in [-0.25, -0.2) is 0 Å². The lowest BCUT2D eigenvalue weighted by molar-refractivity contribution is -0.119. The predicted octanol–water partition coefficient (Wildman–Crippen LogP) is 4.95. The molecule has 1 unspecified atom stereocenters. The number of benzene rings is 1. The number of nitrogens with one attached hydrogen (secondary N) is 1. The summed E-state index contributed by atoms with van der Waals surface area (Å²) in [7, 11) is 0. The van der Waals surface area contributed by atoms with Crippen molar-refractivity contribution in [3.63, 3.8) is 0 Å². The standard InChI is InChI=1S/C26H27N3O2/c1-3-24(30)13-12-22-11-10-21(16-27-22)19-6-4-18(5-7-19)17(2)26(31)15-23-14-25(29-28-23)20-8-9-20/h3-7,10-11,14,16-17,20H,1,8-9,12-13,15H2,2H3,(H,28,29). The summed E-state index contributed by atoms with van der Waals surface area (Å²) < 4.78 is 0. The molecule has 1 saturated carbocycles. The first-order valence-corrected chi connectivity index (χ1v) is 10.8. The quantitative estimate of drug-likeness (QED) is 0.477. The number of aryl methyl sites for hydroxylation is 1. The minimum Gasteiger partial charge on any atom is -0.299 e. The maximum absolute atomic E-state index is 12.7. The van der Waals surface area contributed by atoms with Crippen molar-refractivity contribution in [3.8, 4) is 11.1 Å². The molecule has 0 spiro atoms. The minimum atomic E-state index is -0.176. The van der Waals surface area contributed by atoms with Gasteiger partial charge in [-0.1, -0.05) is 43.8 Å². The van der Waals surface area contributed by atoms with Crippen LogP contribution in [0.1, 0.15) is 60.7 Å². The molecule has 31 heavy (non-hydrogen) atoms. The first-order valence-electron chi connectivity index (χ1n) is 10.8. The number of allylic oxidation sites excluding steroid dienone is 1. The van der Waals surface area contributed by atoms with Gasteiger partial charge in [0.15, 0.2) is 5.78 Å². The van der Waals surface area contributed by atoms with E-state index in [0.717, 1.165) is 33.8 Å². The van der Waals surface area contributed by atoms with Gasteiger partial charge in [0.25, 0.3) is 0 Å². The Bertz CT molecular complexity index is 1080. The largest absolute Gasteiger partial charge is 0.299 e. The third-order valence-corrected chi connectivity index (χ3v) is 5.92. The van der Waals surface area contributed by atoms with Crippen LogP contribution >= 0.6 is 0 Å². The number of ketones is 2. The van der Waals surface area contributed by atoms with Gasteiger partial charge in [0.1, 0.15) is 5.78 Å². The zero-order chi connectivity index (χ0) is 21.8. The van der Waals surface area contributed by atoms with Crippen LogP contribution in [0.5, 0.6) is 0 Å². The number of hydrogen-bond acceptors (Lipinski definition) is 4. The van der Waals surface area contributed by atoms with Gasteiger partial charge in [0, 0.05) is 47.8 Å². The summed E-state index contributed by atoms with van der Waals surface area (Å²) in [6, 6.07) is 14.1. The second-order valence-electron chi connectivity index (χ2n) is 8.29. The van der Waals surface area contributed by atoms with Crippen LogP contribution in [-0.2, 0) is 22.4 Å². The molecule has 5 heteroatoms. The molecule has 0 aliphatic heterocycles. The maximum atomic E-state index is 12.7. The molecule has 3 aromatic rings. The second kappa shape index (κ2) is 9.21. The van der Waals surface area contributed by atoms with Crippen molar-refractivity contribution < 1.29 is 9.59 Å². The highest BCUT2D eigenvalue weighted by Gasteiger charge is 2.26. The highest BCUT2D eigenvalue weighted by molar-refractivity contribution is 5.89. The minimum absolute atomic E-state index is 0.0287. The average molecular weight is 414 g/mol. The lowest BCUT2D eigenvalue weighted by Crippen LogP contribution is -2.12. The lowest BCUT2D eigenvalue weighted by Gasteiger charge is -2.11. The average Bonchev–Trinajstić information content (AvgIpc) is 3.56. The first kappa shape index (κ1) is 20.9. The Balaban J connectivity index is 1.36. The van der Waals surface area contributed by atoms with Crippen molar-refractivity contribution in [2.45, 2.75) is 50.9 Å². The molecule has 1 fully saturated rings. The molecule has 2 heterocycles. The van der Waals surface area contributed by atoms with E-state index in [1.54, 1.807) is 0 Å². The lowest BCUT2D eigenvalue weighted by atomic mass is 9.92. The Labute approximate surface area is 182 Å². The molecule has 0 amide bonds. The van der Waals surface area contributed by atoms with E-state index in [9.17, 15) is 9.59 Å². The number of hydrogen-bond donors (Lipinski definition) is 1. The fourth-order valence-corrected chi connectivity index (χ4v) is 3.65. The molecule has 1 atom stereocenters. The van der Waals surface area contributed by atoms with E-state index in [1.807, 2.05) is 55.6 Å². The van der Waals surface area contributed by atoms with Crippen LogP contribution in [0.4, 0.5) is 0 Å². The van der Waals surface area contributed by atoms with E-state index in [4.69, 9.17) is 0 Å². The SMILES string of the molecule is C=CC(=O)CCc1ccc(-c2ccc(C(C)C(=O)Cc3cc(C4CC4)n[nH]3)cc2)cn1. The Morgan fingerprint density at radius 2 is 1.90 bits per heavy atom. The first-order chi connectivity index (χ1) is 15.0. The van der Waals surface area contributed by atoms with Crippen LogP contribution in [0.15, 0.2) is 61.3 Å². The summed E-state index contributed by atoms with van der Waals surface area (Å²) in [5.41, 5.74) is 5.94. The van der Waals surface area contributed by atoms with Gasteiger partial charge < -0.3 is 0 Å². The van der Waals surface area contributed by atoms with E-state index >= 15 is 0 Å². The van der Waals surface area contributed by atoms with Gasteiger partial charge in [-0.05, 0) is 48.6 Å². The van der Waals surface area contributed by atoms with Crippen molar-refractivity contribution in [2.24, 2.45) is 0 Å². The summed E-state index contributed by atoms with van der Waals surface area (Å²) >= 11 is 0. The number of carbonyl (C=O) groups is 2. The van der Waals surface area contributed by atoms with Crippen LogP contribution in [-0.4, -0.2) is 26.7 Å². The van der Waals surface area contributed by atoms with Gasteiger partial charge in [-0.3, -0.25) is 19.7 Å². The van der Waals surface area contributed by atoms with E-state index < -0.39 is 0 Å². The second-order valence-corrected chi connectivity index (χ2v) is 8.29. The summed E-state index contributed by atoms with van der Waals surface area (Å²) in [5, 5.41) is 7.35. The van der Waals surface area contributed by atoms with Gasteiger partial charge in [-0.2, -0.15) is 5.10 Å². The highest BCUT2D eigenvalue weighted by atomic mass is 16.1. The number of Topliss-reactive ketones (excluding diaryl/α,β-unsaturated/α-hetero) is 1. The van der Waals surface area contributed by atoms with E-state index in [1.165, 1.54) is 18.9 Å². The summed E-state index contributed by atoms with van der Waals surface area (Å²) in [6.45, 7) is 5.45. The van der Waals surface area contributed by atoms with Gasteiger partial charge in [0.2, 0.25) is 0 Å². The molecule has 5 nitrogen and oxygen atoms in total. The van der Waals surface area contributed by atoms with Gasteiger partial charge >= 0.3 is 0 Å². The monoisotopic (exact) mass is 413 g/mol. The Morgan fingerprint density at radius 3 is 2.55 bits per heavy atom. The molecule has 158 valence electrons. The zero-order valence-electron chi connectivity index (χ0n) is 17.8. The predicted molar refractivity (Wildman–Crippen MR) is 121 cm³/mol. The molecular formula is C26H27N3O2. The van der Waals surface area contributed by atoms with Crippen molar-refractivity contribution in [3.05, 3.63) is 84.0 Å². The van der Waals surface area contributed by atoms with Crippen LogP contribution in [0.3, 0.4) is 0 Å². The number of H-pyrrole nitrogens is 1. The molecule has 0 radical (unpaired) electrons. The van der Waals surface area contributed by atoms with Crippen molar-refractivity contribution >= 4 is 11.6 Å². The topological polar surface area (TPSA) is 75.7 Å². The zero-order valence-corrected chi connectivity index (χ0v) is 17.8. The Kier molecular flexibility index (Phi) is 6.21. The van der Waals surface area contributed by atoms with Gasteiger partial charge in [0.05, 0.1) is 5.69 Å². The third-order valence-electron chi connectivity index (χ3n) is 5.92. The molecule has 0 saturated heterocycles. The van der Waals surface area contributed by atoms with Crippen LogP contribution in [0.25, 0.3) is 11.1 Å². The smallest absolute Gasteiger partial charge is 0.155 e. The van der Waals surface area contributed by atoms with Crippen molar-refractivity contribution in [1.29, 1.82) is 0 Å². The number of nitrogens with zero attached hydrogens (tertiary/aromatic N) is 2. The molecule has 1 aliphatic carbocycles. The van der Waals surface area contributed by atoms with E-state index in [-0.39, 0.29) is 17.5 Å². The Morgan fingerprint density at radius 1 is 1.16 bits per heavy atom. The molecule has 4 rings (SSSR count). The fourth-order valence-electron chi connectivity index (χ4n) is 3.65. The number of aromatic nitrogens is 3. The van der Waals surface area contributed by atoms with Crippen LogP contribution < -0.4 is 0 Å². The summed E-state index contributed by atoms with van der Waals surface area (Å²) in [5.74, 6) is 0.618. The fraction of sp³-hybridized carbons (Fsp3) is 0.308. The molecule has 0 bridgehead atoms. The summed E-state index contributed by atoms with van der Waals surface area (Å²) in [4.78, 5) is 28.6. The number of pyridine rings is 1. The molecule has 1 N–H and O–H groups in total. The molecule has 2 aromatic heterocycles. The van der Waals surface area contributed by atoms with E-state index in [0.29, 0.717) is 25.2 Å². The normalized spacial score (nSPS) is 14.2. The maximum Gasteiger partial charge on any atom is 0.155 e. The van der Waals surface area contributed by atoms with Crippen LogP contribution in [0.2, 0.25) is 0 Å². The summed E-state index contributed by atoms with van der Waals surface area (Å²) in [6.07, 6.45) is 7.00. The number of rotatable bonds is 10. The number of carbonyl (C=O) groups excluding carboxylic acids is 2. The van der Waals surface area contributed by atoms with E-state index in [2.05, 4.69) is 21.8 Å². The van der Waals surface area contributed by atoms with Crippen LogP contribution in [0, 0.1) is 0 Å². The molecule has 1 aliphatic rings. The van der Waals surface area contributed by atoms with Gasteiger partial charge in [-0.15, -0.1) is 0 Å². The Hall–Kier alpha value is -3.34. The van der Waals surface area contributed by atoms with Crippen molar-refractivity contribution in [1.82, 2.24) is 15.2 Å². The molecule has 1 aromatic carbocycles. The third kappa shape index (κ3) is 5.23. The highest BCUT2D eigenvalue weighted by Crippen LogP contribution is 2.39. The molecular weight excluding hydrogens is 386 g/mol. The van der Waals surface area contributed by atoms with Crippen molar-refractivity contribution in [2.75, 3.05) is 0 Å².